The lowest BCUT2D eigenvalue weighted by molar-refractivity contribution is -0.148. The molecule has 222 valence electrons. The van der Waals surface area contributed by atoms with Gasteiger partial charge in [0.2, 0.25) is 17.7 Å². The van der Waals surface area contributed by atoms with Gasteiger partial charge in [0.1, 0.15) is 5.82 Å². The number of likely N-dealkylation sites (tertiary alicyclic amines) is 1. The molecule has 2 aliphatic heterocycles. The second-order valence-electron chi connectivity index (χ2n) is 11.2. The van der Waals surface area contributed by atoms with Crippen LogP contribution in [0.25, 0.3) is 10.9 Å². The average molecular weight is 614 g/mol. The Hall–Kier alpha value is -3.36. The highest BCUT2D eigenvalue weighted by atomic mass is 35.5. The third-order valence-electron chi connectivity index (χ3n) is 8.47. The number of hydrogen-bond donors (Lipinski definition) is 1. The number of fused-ring (bicyclic) bond motifs is 1. The normalized spacial score (nSPS) is 21.2. The molecular weight excluding hydrogens is 578 g/mol. The van der Waals surface area contributed by atoms with Crippen molar-refractivity contribution < 1.29 is 18.8 Å². The van der Waals surface area contributed by atoms with Crippen molar-refractivity contribution in [2.45, 2.75) is 52.1 Å². The maximum absolute atomic E-state index is 14.7. The van der Waals surface area contributed by atoms with Gasteiger partial charge in [0.25, 0.3) is 0 Å². The van der Waals surface area contributed by atoms with Crippen molar-refractivity contribution in [2.75, 3.05) is 26.2 Å². The molecule has 2 aromatic carbocycles. The van der Waals surface area contributed by atoms with E-state index in [0.717, 1.165) is 29.3 Å². The number of aromatic nitrogens is 1. The van der Waals surface area contributed by atoms with Gasteiger partial charge in [-0.25, -0.2) is 4.39 Å². The van der Waals surface area contributed by atoms with Gasteiger partial charge < -0.3 is 19.7 Å². The number of rotatable bonds is 8. The van der Waals surface area contributed by atoms with E-state index in [2.05, 4.69) is 18.0 Å². The molecule has 1 aromatic heterocycles. The van der Waals surface area contributed by atoms with Crippen LogP contribution >= 0.6 is 23.2 Å². The molecule has 2 atom stereocenters. The SMILES string of the molecule is CCCC=CC[C@@]1(C(=O)N2CCN(C(C)=O)CC2)CC(=O)N(Cc2ccc(Cl)c(F)c2)[C@H]1c1c[nH]c2cc(Cl)ccc12. The van der Waals surface area contributed by atoms with Crippen LogP contribution in [0.3, 0.4) is 0 Å². The first kappa shape index (κ1) is 30.1. The number of aromatic amines is 1. The van der Waals surface area contributed by atoms with E-state index in [0.29, 0.717) is 43.2 Å². The highest BCUT2D eigenvalue weighted by molar-refractivity contribution is 6.31. The van der Waals surface area contributed by atoms with Crippen molar-refractivity contribution in [3.63, 3.8) is 0 Å². The number of carbonyl (C=O) groups is 3. The number of carbonyl (C=O) groups excluding carboxylic acids is 3. The molecular formula is C32H35Cl2FN4O3. The average Bonchev–Trinajstić information content (AvgIpc) is 3.50. The first-order chi connectivity index (χ1) is 20.1. The first-order valence-electron chi connectivity index (χ1n) is 14.3. The molecule has 1 N–H and O–H groups in total. The van der Waals surface area contributed by atoms with Gasteiger partial charge in [-0.3, -0.25) is 14.4 Å². The summed E-state index contributed by atoms with van der Waals surface area (Å²) in [5, 5.41) is 1.44. The fraction of sp³-hybridized carbons (Fsp3) is 0.406. The zero-order valence-electron chi connectivity index (χ0n) is 23.8. The Morgan fingerprint density at radius 3 is 2.50 bits per heavy atom. The van der Waals surface area contributed by atoms with E-state index in [1.807, 2.05) is 24.4 Å². The zero-order chi connectivity index (χ0) is 30.0. The van der Waals surface area contributed by atoms with Gasteiger partial charge in [0.15, 0.2) is 0 Å². The topological polar surface area (TPSA) is 76.7 Å². The van der Waals surface area contributed by atoms with Gasteiger partial charge in [0.05, 0.1) is 16.5 Å². The standard InChI is InChI=1S/C32H35Cl2FN4O3/c1-3-4-5-6-11-32(31(42)38-14-12-37(13-15-38)21(2)40)18-29(41)39(20-22-7-10-26(34)27(35)16-22)30(32)25-19-36-28-17-23(33)8-9-24(25)28/h5-10,16-17,19,30,36H,3-4,11-15,18,20H2,1-2H3/t30-,32+/m0/s1. The molecule has 0 unspecified atom stereocenters. The number of amides is 3. The van der Waals surface area contributed by atoms with Crippen molar-refractivity contribution >= 4 is 51.8 Å². The van der Waals surface area contributed by atoms with Crippen LogP contribution in [-0.4, -0.2) is 63.6 Å². The number of unbranched alkanes of at least 4 members (excludes halogenated alkanes) is 1. The Morgan fingerprint density at radius 2 is 1.81 bits per heavy atom. The van der Waals surface area contributed by atoms with Crippen LogP contribution in [-0.2, 0) is 20.9 Å². The number of benzene rings is 2. The summed E-state index contributed by atoms with van der Waals surface area (Å²) in [7, 11) is 0. The molecule has 0 aliphatic carbocycles. The molecule has 3 heterocycles. The number of nitrogens with one attached hydrogen (secondary N) is 1. The number of hydrogen-bond acceptors (Lipinski definition) is 3. The smallest absolute Gasteiger partial charge is 0.232 e. The summed E-state index contributed by atoms with van der Waals surface area (Å²) < 4.78 is 14.5. The maximum atomic E-state index is 14.7. The van der Waals surface area contributed by atoms with Crippen molar-refractivity contribution in [1.29, 1.82) is 0 Å². The molecule has 2 fully saturated rings. The second-order valence-corrected chi connectivity index (χ2v) is 12.0. The molecule has 10 heteroatoms. The quantitative estimate of drug-likeness (QED) is 0.295. The molecule has 0 saturated carbocycles. The Kier molecular flexibility index (Phi) is 8.94. The maximum Gasteiger partial charge on any atom is 0.232 e. The van der Waals surface area contributed by atoms with E-state index < -0.39 is 17.3 Å². The van der Waals surface area contributed by atoms with E-state index in [-0.39, 0.29) is 35.7 Å². The lowest BCUT2D eigenvalue weighted by atomic mass is 9.72. The third kappa shape index (κ3) is 5.79. The Balaban J connectivity index is 1.62. The van der Waals surface area contributed by atoms with E-state index >= 15 is 0 Å². The van der Waals surface area contributed by atoms with Crippen molar-refractivity contribution in [1.82, 2.24) is 19.7 Å². The predicted molar refractivity (Wildman–Crippen MR) is 163 cm³/mol. The monoisotopic (exact) mass is 612 g/mol. The highest BCUT2D eigenvalue weighted by Gasteiger charge is 2.58. The summed E-state index contributed by atoms with van der Waals surface area (Å²) in [6.07, 6.45) is 8.13. The predicted octanol–water partition coefficient (Wildman–Crippen LogP) is 6.51. The largest absolute Gasteiger partial charge is 0.361 e. The van der Waals surface area contributed by atoms with Crippen molar-refractivity contribution in [2.24, 2.45) is 5.41 Å². The van der Waals surface area contributed by atoms with Crippen LogP contribution in [0.15, 0.2) is 54.7 Å². The molecule has 0 bridgehead atoms. The van der Waals surface area contributed by atoms with E-state index in [1.54, 1.807) is 26.8 Å². The van der Waals surface area contributed by atoms with Gasteiger partial charge in [-0.05, 0) is 42.7 Å². The zero-order valence-corrected chi connectivity index (χ0v) is 25.3. The summed E-state index contributed by atoms with van der Waals surface area (Å²) in [5.74, 6) is -0.879. The lowest BCUT2D eigenvalue weighted by Crippen LogP contribution is -2.55. The van der Waals surface area contributed by atoms with Crippen LogP contribution in [0.2, 0.25) is 10.0 Å². The van der Waals surface area contributed by atoms with Gasteiger partial charge in [-0.2, -0.15) is 0 Å². The van der Waals surface area contributed by atoms with Crippen molar-refractivity contribution in [3.05, 3.63) is 81.7 Å². The van der Waals surface area contributed by atoms with Crippen LogP contribution < -0.4 is 0 Å². The van der Waals surface area contributed by atoms with Crippen LogP contribution in [0.1, 0.15) is 56.7 Å². The minimum Gasteiger partial charge on any atom is -0.361 e. The highest BCUT2D eigenvalue weighted by Crippen LogP contribution is 2.54. The van der Waals surface area contributed by atoms with E-state index in [9.17, 15) is 18.8 Å². The van der Waals surface area contributed by atoms with Gasteiger partial charge >= 0.3 is 0 Å². The number of H-pyrrole nitrogens is 1. The molecule has 42 heavy (non-hydrogen) atoms. The molecule has 3 aromatic rings. The van der Waals surface area contributed by atoms with Crippen molar-refractivity contribution in [3.8, 4) is 0 Å². The molecule has 7 nitrogen and oxygen atoms in total. The van der Waals surface area contributed by atoms with Crippen LogP contribution in [0, 0.1) is 11.2 Å². The first-order valence-corrected chi connectivity index (χ1v) is 15.1. The van der Waals surface area contributed by atoms with Gasteiger partial charge in [-0.15, -0.1) is 0 Å². The molecule has 2 aliphatic rings. The number of piperazine rings is 1. The Bertz CT molecular complexity index is 1530. The van der Waals surface area contributed by atoms with Crippen LogP contribution in [0.5, 0.6) is 0 Å². The van der Waals surface area contributed by atoms with Crippen LogP contribution in [0.4, 0.5) is 4.39 Å². The van der Waals surface area contributed by atoms with Gasteiger partial charge in [-0.1, -0.05) is 60.8 Å². The summed E-state index contributed by atoms with van der Waals surface area (Å²) in [6, 6.07) is 9.41. The Labute approximate surface area is 255 Å². The molecule has 5 rings (SSSR count). The summed E-state index contributed by atoms with van der Waals surface area (Å²) in [6.45, 7) is 5.41. The number of nitrogens with zero attached hydrogens (tertiary/aromatic N) is 3. The fourth-order valence-corrected chi connectivity index (χ4v) is 6.61. The minimum atomic E-state index is -1.11. The minimum absolute atomic E-state index is 0.00634. The van der Waals surface area contributed by atoms with Gasteiger partial charge in [0, 0.05) is 73.8 Å². The molecule has 0 spiro atoms. The van der Waals surface area contributed by atoms with E-state index in [1.165, 1.54) is 19.1 Å². The number of allylic oxidation sites excluding steroid dienone is 2. The summed E-state index contributed by atoms with van der Waals surface area (Å²) in [4.78, 5) is 49.2. The molecule has 0 radical (unpaired) electrons. The third-order valence-corrected chi connectivity index (χ3v) is 9.01. The number of halogens is 3. The van der Waals surface area contributed by atoms with E-state index in [4.69, 9.17) is 23.2 Å². The molecule has 2 saturated heterocycles. The second kappa shape index (κ2) is 12.5. The summed E-state index contributed by atoms with van der Waals surface area (Å²) in [5.41, 5.74) is 1.08. The lowest BCUT2D eigenvalue weighted by Gasteiger charge is -2.42. The fourth-order valence-electron chi connectivity index (χ4n) is 6.32. The summed E-state index contributed by atoms with van der Waals surface area (Å²) >= 11 is 12.2. The Morgan fingerprint density at radius 1 is 1.07 bits per heavy atom. The molecule has 3 amide bonds.